The topological polar surface area (TPSA) is 26.3 Å². The fraction of sp³-hybridized carbons (Fsp3) is 0.545. The van der Waals surface area contributed by atoms with Crippen molar-refractivity contribution in [3.63, 3.8) is 0 Å². The van der Waals surface area contributed by atoms with Crippen LogP contribution in [0.5, 0.6) is 0 Å². The molecule has 0 amide bonds. The first kappa shape index (κ1) is 12.5. The maximum atomic E-state index is 11.3. The van der Waals surface area contributed by atoms with E-state index in [1.165, 1.54) is 4.50 Å². The Morgan fingerprint density at radius 3 is 2.53 bits per heavy atom. The molecular weight excluding hydrogens is 224 g/mol. The van der Waals surface area contributed by atoms with Crippen molar-refractivity contribution in [2.75, 3.05) is 6.61 Å². The highest BCUT2D eigenvalue weighted by Crippen LogP contribution is 2.14. The van der Waals surface area contributed by atoms with Crippen LogP contribution in [0.15, 0.2) is 12.1 Å². The Balaban J connectivity index is 2.65. The third kappa shape index (κ3) is 3.79. The molecule has 15 heavy (non-hydrogen) atoms. The summed E-state index contributed by atoms with van der Waals surface area (Å²) in [6, 6.07) is 4.21. The number of hydrogen-bond acceptors (Lipinski definition) is 3. The van der Waals surface area contributed by atoms with Gasteiger partial charge in [-0.05, 0) is 17.5 Å². The van der Waals surface area contributed by atoms with Crippen LogP contribution in [0.2, 0.25) is 19.6 Å². The van der Waals surface area contributed by atoms with Crippen molar-refractivity contribution in [3.05, 3.63) is 17.0 Å². The highest BCUT2D eigenvalue weighted by atomic mass is 32.1. The lowest BCUT2D eigenvalue weighted by atomic mass is 10.3. The summed E-state index contributed by atoms with van der Waals surface area (Å²) in [6.45, 7) is 9.23. The Morgan fingerprint density at radius 2 is 2.07 bits per heavy atom. The van der Waals surface area contributed by atoms with Crippen LogP contribution in [-0.2, 0) is 16.0 Å². The second kappa shape index (κ2) is 4.94. The number of carbonyl (C=O) groups excluding carboxylic acids is 1. The molecule has 1 heterocycles. The van der Waals surface area contributed by atoms with Crippen LogP contribution in [0, 0.1) is 0 Å². The molecular formula is C11H18O2SSi. The number of carbonyl (C=O) groups is 1. The molecule has 1 rings (SSSR count). The van der Waals surface area contributed by atoms with Gasteiger partial charge in [-0.2, -0.15) is 0 Å². The first-order chi connectivity index (χ1) is 6.93. The van der Waals surface area contributed by atoms with Crippen LogP contribution >= 0.6 is 11.3 Å². The van der Waals surface area contributed by atoms with Gasteiger partial charge >= 0.3 is 5.97 Å². The molecule has 0 atom stereocenters. The minimum atomic E-state index is -1.22. The number of hydrogen-bond donors (Lipinski definition) is 0. The molecule has 0 spiro atoms. The van der Waals surface area contributed by atoms with E-state index in [0.717, 1.165) is 4.88 Å². The fourth-order valence-electron chi connectivity index (χ4n) is 1.23. The molecule has 0 saturated heterocycles. The third-order valence-electron chi connectivity index (χ3n) is 2.02. The predicted octanol–water partition coefficient (Wildman–Crippen LogP) is 2.40. The van der Waals surface area contributed by atoms with E-state index >= 15 is 0 Å². The lowest BCUT2D eigenvalue weighted by molar-refractivity contribution is -0.142. The number of thiophene rings is 1. The van der Waals surface area contributed by atoms with Crippen LogP contribution in [0.25, 0.3) is 0 Å². The monoisotopic (exact) mass is 242 g/mol. The summed E-state index contributed by atoms with van der Waals surface area (Å²) in [4.78, 5) is 12.4. The molecule has 4 heteroatoms. The molecule has 84 valence electrons. The average molecular weight is 242 g/mol. The standard InChI is InChI=1S/C11H18O2SSi/c1-5-13-10(12)8-9-6-7-11(14-9)15(2,3)4/h6-7H,5,8H2,1-4H3. The molecule has 0 saturated carbocycles. The summed E-state index contributed by atoms with van der Waals surface area (Å²) in [5.41, 5.74) is 0. The van der Waals surface area contributed by atoms with Crippen LogP contribution < -0.4 is 4.50 Å². The molecule has 0 aliphatic heterocycles. The summed E-state index contributed by atoms with van der Waals surface area (Å²) in [7, 11) is -1.22. The van der Waals surface area contributed by atoms with Crippen molar-refractivity contribution in [3.8, 4) is 0 Å². The Hall–Kier alpha value is -0.613. The van der Waals surface area contributed by atoms with E-state index in [1.807, 2.05) is 6.92 Å². The first-order valence-corrected chi connectivity index (χ1v) is 9.50. The number of ether oxygens (including phenoxy) is 1. The van der Waals surface area contributed by atoms with E-state index in [4.69, 9.17) is 4.74 Å². The van der Waals surface area contributed by atoms with Gasteiger partial charge in [0.1, 0.15) is 0 Å². The first-order valence-electron chi connectivity index (χ1n) is 5.18. The molecule has 0 aromatic carbocycles. The van der Waals surface area contributed by atoms with Crippen molar-refractivity contribution < 1.29 is 9.53 Å². The summed E-state index contributed by atoms with van der Waals surface area (Å²) in [5, 5.41) is 0. The summed E-state index contributed by atoms with van der Waals surface area (Å²) < 4.78 is 6.37. The molecule has 0 aliphatic carbocycles. The minimum Gasteiger partial charge on any atom is -0.466 e. The number of rotatable bonds is 4. The van der Waals surface area contributed by atoms with Gasteiger partial charge in [-0.15, -0.1) is 11.3 Å². The zero-order valence-electron chi connectivity index (χ0n) is 9.79. The largest absolute Gasteiger partial charge is 0.466 e. The second-order valence-electron chi connectivity index (χ2n) is 4.50. The molecule has 0 fully saturated rings. The lowest BCUT2D eigenvalue weighted by Gasteiger charge is -2.12. The minimum absolute atomic E-state index is 0.124. The molecule has 1 aromatic rings. The van der Waals surface area contributed by atoms with Crippen molar-refractivity contribution in [1.82, 2.24) is 0 Å². The van der Waals surface area contributed by atoms with E-state index in [1.54, 1.807) is 11.3 Å². The summed E-state index contributed by atoms with van der Waals surface area (Å²) >= 11 is 1.75. The van der Waals surface area contributed by atoms with E-state index in [2.05, 4.69) is 31.8 Å². The van der Waals surface area contributed by atoms with Crippen LogP contribution in [0.3, 0.4) is 0 Å². The average Bonchev–Trinajstić information content (AvgIpc) is 2.52. The molecule has 0 bridgehead atoms. The Bertz CT molecular complexity index is 339. The van der Waals surface area contributed by atoms with Gasteiger partial charge in [0.05, 0.1) is 21.1 Å². The van der Waals surface area contributed by atoms with Gasteiger partial charge in [-0.3, -0.25) is 4.79 Å². The second-order valence-corrected chi connectivity index (χ2v) is 11.1. The Morgan fingerprint density at radius 1 is 1.40 bits per heavy atom. The summed E-state index contributed by atoms with van der Waals surface area (Å²) in [5.74, 6) is -0.124. The highest BCUT2D eigenvalue weighted by Gasteiger charge is 2.19. The highest BCUT2D eigenvalue weighted by molar-refractivity contribution is 7.26. The SMILES string of the molecule is CCOC(=O)Cc1ccc([Si](C)(C)C)s1. The van der Waals surface area contributed by atoms with Crippen molar-refractivity contribution in [2.24, 2.45) is 0 Å². The van der Waals surface area contributed by atoms with Gasteiger partial charge < -0.3 is 4.74 Å². The summed E-state index contributed by atoms with van der Waals surface area (Å²) in [6.07, 6.45) is 0.420. The van der Waals surface area contributed by atoms with Gasteiger partial charge in [0.15, 0.2) is 0 Å². The van der Waals surface area contributed by atoms with Crippen molar-refractivity contribution >= 4 is 29.9 Å². The zero-order valence-corrected chi connectivity index (χ0v) is 11.6. The Labute approximate surface area is 96.3 Å². The predicted molar refractivity (Wildman–Crippen MR) is 67.6 cm³/mol. The molecule has 0 N–H and O–H groups in total. The van der Waals surface area contributed by atoms with Gasteiger partial charge in [0.25, 0.3) is 0 Å². The molecule has 0 unspecified atom stereocenters. The van der Waals surface area contributed by atoms with Crippen LogP contribution in [0.4, 0.5) is 0 Å². The zero-order chi connectivity index (χ0) is 11.5. The maximum Gasteiger partial charge on any atom is 0.311 e. The molecule has 0 aliphatic rings. The van der Waals surface area contributed by atoms with E-state index in [0.29, 0.717) is 13.0 Å². The Kier molecular flexibility index (Phi) is 4.10. The van der Waals surface area contributed by atoms with E-state index < -0.39 is 8.07 Å². The van der Waals surface area contributed by atoms with Gasteiger partial charge in [-0.25, -0.2) is 0 Å². The van der Waals surface area contributed by atoms with E-state index in [9.17, 15) is 4.79 Å². The molecule has 2 nitrogen and oxygen atoms in total. The molecule has 0 radical (unpaired) electrons. The van der Waals surface area contributed by atoms with E-state index in [-0.39, 0.29) is 5.97 Å². The van der Waals surface area contributed by atoms with Gasteiger partial charge in [-0.1, -0.05) is 25.7 Å². The van der Waals surface area contributed by atoms with Gasteiger partial charge in [0.2, 0.25) is 0 Å². The van der Waals surface area contributed by atoms with Crippen LogP contribution in [-0.4, -0.2) is 20.7 Å². The molecule has 1 aromatic heterocycles. The van der Waals surface area contributed by atoms with Crippen molar-refractivity contribution in [2.45, 2.75) is 33.0 Å². The smallest absolute Gasteiger partial charge is 0.311 e. The van der Waals surface area contributed by atoms with Gasteiger partial charge in [0, 0.05) is 4.88 Å². The normalized spacial score (nSPS) is 11.5. The maximum absolute atomic E-state index is 11.3. The quantitative estimate of drug-likeness (QED) is 0.598. The van der Waals surface area contributed by atoms with Crippen molar-refractivity contribution in [1.29, 1.82) is 0 Å². The third-order valence-corrected chi connectivity index (χ3v) is 6.71. The van der Waals surface area contributed by atoms with Crippen LogP contribution in [0.1, 0.15) is 11.8 Å². The fourth-order valence-corrected chi connectivity index (χ4v) is 4.18. The number of esters is 1. The lowest BCUT2D eigenvalue weighted by Crippen LogP contribution is -2.34.